The van der Waals surface area contributed by atoms with Gasteiger partial charge < -0.3 is 0 Å². The van der Waals surface area contributed by atoms with Gasteiger partial charge >= 0.3 is 0 Å². The average Bonchev–Trinajstić information content (AvgIpc) is 2.84. The molecule has 146 valence electrons. The van der Waals surface area contributed by atoms with Crippen molar-refractivity contribution in [1.82, 2.24) is 4.98 Å². The zero-order valence-electron chi connectivity index (χ0n) is 17.3. The molecule has 0 saturated heterocycles. The van der Waals surface area contributed by atoms with Gasteiger partial charge in [0.05, 0.1) is 5.69 Å². The maximum atomic E-state index is 4.90. The first-order valence-electron chi connectivity index (χ1n) is 10.7. The van der Waals surface area contributed by atoms with Crippen LogP contribution in [-0.2, 0) is 0 Å². The number of rotatable bonds is 2. The molecule has 31 heavy (non-hydrogen) atoms. The molecule has 0 fully saturated rings. The van der Waals surface area contributed by atoms with E-state index in [0.29, 0.717) is 0 Å². The molecule has 0 radical (unpaired) electrons. The van der Waals surface area contributed by atoms with Gasteiger partial charge in [-0.3, -0.25) is 4.98 Å². The zero-order valence-corrected chi connectivity index (χ0v) is 17.3. The smallest absolute Gasteiger partial charge is 0.0711 e. The summed E-state index contributed by atoms with van der Waals surface area (Å²) in [6.45, 7) is 2.17. The zero-order chi connectivity index (χ0) is 20.8. The lowest BCUT2D eigenvalue weighted by atomic mass is 9.93. The van der Waals surface area contributed by atoms with Gasteiger partial charge in [0.2, 0.25) is 0 Å². The summed E-state index contributed by atoms with van der Waals surface area (Å²) in [6, 6.07) is 36.7. The van der Waals surface area contributed by atoms with Gasteiger partial charge in [-0.25, -0.2) is 0 Å². The summed E-state index contributed by atoms with van der Waals surface area (Å²) in [5.74, 6) is 0. The van der Waals surface area contributed by atoms with Crippen molar-refractivity contribution >= 4 is 32.3 Å². The number of aryl methyl sites for hydroxylation is 1. The van der Waals surface area contributed by atoms with Gasteiger partial charge in [-0.1, -0.05) is 97.1 Å². The van der Waals surface area contributed by atoms with Gasteiger partial charge in [0, 0.05) is 17.1 Å². The van der Waals surface area contributed by atoms with E-state index in [9.17, 15) is 0 Å². The minimum absolute atomic E-state index is 1.02. The second-order valence-corrected chi connectivity index (χ2v) is 8.10. The fourth-order valence-electron chi connectivity index (χ4n) is 4.71. The number of aromatic nitrogens is 1. The predicted molar refractivity (Wildman–Crippen MR) is 132 cm³/mol. The third-order valence-corrected chi connectivity index (χ3v) is 6.24. The predicted octanol–water partition coefficient (Wildman–Crippen LogP) is 8.18. The quantitative estimate of drug-likeness (QED) is 0.269. The highest BCUT2D eigenvalue weighted by Crippen LogP contribution is 2.37. The van der Waals surface area contributed by atoms with Crippen molar-refractivity contribution in [2.45, 2.75) is 6.92 Å². The van der Waals surface area contributed by atoms with Crippen molar-refractivity contribution in [2.24, 2.45) is 0 Å². The Hall–Kier alpha value is -3.97. The number of nitrogens with zero attached hydrogens (tertiary/aromatic N) is 1. The molecule has 0 N–H and O–H groups in total. The lowest BCUT2D eigenvalue weighted by Gasteiger charge is -2.13. The van der Waals surface area contributed by atoms with E-state index in [4.69, 9.17) is 4.98 Å². The van der Waals surface area contributed by atoms with Gasteiger partial charge in [0.15, 0.2) is 0 Å². The van der Waals surface area contributed by atoms with Crippen molar-refractivity contribution in [2.75, 3.05) is 0 Å². The molecule has 0 spiro atoms. The molecule has 1 nitrogen and oxygen atoms in total. The molecule has 6 rings (SSSR count). The molecule has 6 aromatic rings. The minimum Gasteiger partial charge on any atom is -0.256 e. The van der Waals surface area contributed by atoms with Crippen LogP contribution in [0.2, 0.25) is 0 Å². The summed E-state index contributed by atoms with van der Waals surface area (Å²) in [7, 11) is 0. The second kappa shape index (κ2) is 7.07. The van der Waals surface area contributed by atoms with E-state index in [-0.39, 0.29) is 0 Å². The minimum atomic E-state index is 1.02. The van der Waals surface area contributed by atoms with E-state index in [1.807, 2.05) is 6.20 Å². The maximum Gasteiger partial charge on any atom is 0.0711 e. The summed E-state index contributed by atoms with van der Waals surface area (Å²) in [6.07, 6.45) is 2.05. The fraction of sp³-hybridized carbons (Fsp3) is 0.0333. The second-order valence-electron chi connectivity index (χ2n) is 8.10. The van der Waals surface area contributed by atoms with Crippen LogP contribution >= 0.6 is 0 Å². The lowest BCUT2D eigenvalue weighted by molar-refractivity contribution is 1.33. The Morgan fingerprint density at radius 3 is 1.71 bits per heavy atom. The molecule has 5 aromatic carbocycles. The molecular weight excluding hydrogens is 374 g/mol. The molecule has 0 aliphatic heterocycles. The SMILES string of the molecule is Cc1cc(-c2ccccc2)ccc1-c1cc2c3ccccc3c3ccccc3c2cn1. The molecule has 0 bridgehead atoms. The van der Waals surface area contributed by atoms with E-state index in [1.54, 1.807) is 0 Å². The molecule has 0 aliphatic rings. The van der Waals surface area contributed by atoms with E-state index >= 15 is 0 Å². The first-order valence-corrected chi connectivity index (χ1v) is 10.7. The van der Waals surface area contributed by atoms with E-state index in [1.165, 1.54) is 54.6 Å². The monoisotopic (exact) mass is 395 g/mol. The number of hydrogen-bond donors (Lipinski definition) is 0. The largest absolute Gasteiger partial charge is 0.256 e. The van der Waals surface area contributed by atoms with E-state index in [0.717, 1.165) is 5.69 Å². The molecule has 0 saturated carbocycles. The van der Waals surface area contributed by atoms with Crippen LogP contribution in [0.4, 0.5) is 0 Å². The molecule has 0 amide bonds. The Kier molecular flexibility index (Phi) is 4.07. The number of benzene rings is 5. The molecule has 0 aliphatic carbocycles. The van der Waals surface area contributed by atoms with Crippen LogP contribution in [-0.4, -0.2) is 4.98 Å². The van der Waals surface area contributed by atoms with Crippen LogP contribution in [0.5, 0.6) is 0 Å². The molecule has 1 heteroatoms. The van der Waals surface area contributed by atoms with Crippen LogP contribution in [0.15, 0.2) is 109 Å². The summed E-state index contributed by atoms with van der Waals surface area (Å²) >= 11 is 0. The van der Waals surface area contributed by atoms with Gasteiger partial charge in [-0.05, 0) is 56.6 Å². The van der Waals surface area contributed by atoms with Crippen LogP contribution < -0.4 is 0 Å². The van der Waals surface area contributed by atoms with Crippen molar-refractivity contribution in [1.29, 1.82) is 0 Å². The maximum absolute atomic E-state index is 4.90. The first kappa shape index (κ1) is 17.9. The third kappa shape index (κ3) is 2.90. The topological polar surface area (TPSA) is 12.9 Å². The van der Waals surface area contributed by atoms with Gasteiger partial charge in [-0.2, -0.15) is 0 Å². The number of pyridine rings is 1. The highest BCUT2D eigenvalue weighted by molar-refractivity contribution is 6.25. The molecule has 1 heterocycles. The van der Waals surface area contributed by atoms with Gasteiger partial charge in [0.25, 0.3) is 0 Å². The van der Waals surface area contributed by atoms with Crippen molar-refractivity contribution in [3.05, 3.63) is 115 Å². The van der Waals surface area contributed by atoms with Crippen LogP contribution in [0.3, 0.4) is 0 Å². The van der Waals surface area contributed by atoms with Crippen molar-refractivity contribution in [3.8, 4) is 22.4 Å². The Morgan fingerprint density at radius 2 is 1.06 bits per heavy atom. The third-order valence-electron chi connectivity index (χ3n) is 6.24. The molecule has 0 atom stereocenters. The summed E-state index contributed by atoms with van der Waals surface area (Å²) in [4.78, 5) is 4.90. The summed E-state index contributed by atoms with van der Waals surface area (Å²) in [5.41, 5.74) is 5.90. The lowest BCUT2D eigenvalue weighted by Crippen LogP contribution is -1.90. The molecule has 0 unspecified atom stereocenters. The van der Waals surface area contributed by atoms with Crippen LogP contribution in [0, 0.1) is 6.92 Å². The number of hydrogen-bond acceptors (Lipinski definition) is 1. The number of fused-ring (bicyclic) bond motifs is 6. The normalized spacial score (nSPS) is 11.4. The summed E-state index contributed by atoms with van der Waals surface area (Å²) < 4.78 is 0. The standard InChI is InChI=1S/C30H21N/c1-20-17-22(21-9-3-2-4-10-21)15-16-23(20)30-18-28-26-13-7-5-11-24(26)25-12-6-8-14-27(25)29(28)19-31-30/h2-19H,1H3. The molecule has 1 aromatic heterocycles. The Labute approximate surface area is 181 Å². The van der Waals surface area contributed by atoms with E-state index in [2.05, 4.69) is 110 Å². The average molecular weight is 396 g/mol. The van der Waals surface area contributed by atoms with Crippen molar-refractivity contribution in [3.63, 3.8) is 0 Å². The Balaban J connectivity index is 1.58. The highest BCUT2D eigenvalue weighted by Gasteiger charge is 2.11. The Bertz CT molecular complexity index is 1540. The van der Waals surface area contributed by atoms with Crippen LogP contribution in [0.25, 0.3) is 54.7 Å². The fourth-order valence-corrected chi connectivity index (χ4v) is 4.71. The molecular formula is C30H21N. The van der Waals surface area contributed by atoms with Gasteiger partial charge in [0.1, 0.15) is 0 Å². The van der Waals surface area contributed by atoms with E-state index < -0.39 is 0 Å². The summed E-state index contributed by atoms with van der Waals surface area (Å²) in [5, 5.41) is 7.56. The van der Waals surface area contributed by atoms with Crippen molar-refractivity contribution < 1.29 is 0 Å². The first-order chi connectivity index (χ1) is 15.3. The highest BCUT2D eigenvalue weighted by atomic mass is 14.7. The Morgan fingerprint density at radius 1 is 0.484 bits per heavy atom. The van der Waals surface area contributed by atoms with Crippen LogP contribution in [0.1, 0.15) is 5.56 Å². The van der Waals surface area contributed by atoms with Gasteiger partial charge in [-0.15, -0.1) is 0 Å².